The molecule has 0 aliphatic heterocycles. The lowest BCUT2D eigenvalue weighted by Crippen LogP contribution is -2.29. The molecule has 5 aromatic rings. The van der Waals surface area contributed by atoms with Crippen LogP contribution in [0, 0.1) is 0 Å². The summed E-state index contributed by atoms with van der Waals surface area (Å²) >= 11 is 1.40. The minimum atomic E-state index is -0.340. The number of amides is 1. The SMILES string of the molecule is COc1ccc(-c2nc(C(=O)NC(c3ccccc3)c3ccc4nc[nH]c4c3)cs2)cc1OC. The fraction of sp³-hybridized carbons (Fsp3) is 0.115. The Morgan fingerprint density at radius 2 is 1.79 bits per heavy atom. The molecule has 8 heteroatoms. The topological polar surface area (TPSA) is 89.1 Å². The Morgan fingerprint density at radius 1 is 0.971 bits per heavy atom. The minimum absolute atomic E-state index is 0.249. The number of carbonyl (C=O) groups excluding carboxylic acids is 1. The molecule has 7 nitrogen and oxygen atoms in total. The van der Waals surface area contributed by atoms with Crippen LogP contribution in [-0.4, -0.2) is 35.1 Å². The van der Waals surface area contributed by atoms with E-state index in [1.54, 1.807) is 25.9 Å². The number of thiazole rings is 1. The summed E-state index contributed by atoms with van der Waals surface area (Å²) in [4.78, 5) is 25.3. The molecule has 0 aliphatic carbocycles. The molecule has 0 radical (unpaired) electrons. The third-order valence-electron chi connectivity index (χ3n) is 5.55. The Kier molecular flexibility index (Phi) is 5.97. The summed E-state index contributed by atoms with van der Waals surface area (Å²) in [7, 11) is 3.18. The van der Waals surface area contributed by atoms with E-state index in [1.165, 1.54) is 11.3 Å². The number of hydrogen-bond donors (Lipinski definition) is 2. The van der Waals surface area contributed by atoms with E-state index in [4.69, 9.17) is 9.47 Å². The van der Waals surface area contributed by atoms with Crippen LogP contribution < -0.4 is 14.8 Å². The van der Waals surface area contributed by atoms with Gasteiger partial charge in [-0.25, -0.2) is 9.97 Å². The molecule has 5 rings (SSSR count). The highest BCUT2D eigenvalue weighted by atomic mass is 32.1. The predicted molar refractivity (Wildman–Crippen MR) is 132 cm³/mol. The van der Waals surface area contributed by atoms with Crippen molar-refractivity contribution in [3.8, 4) is 22.1 Å². The molecule has 170 valence electrons. The average Bonchev–Trinajstić information content (AvgIpc) is 3.57. The summed E-state index contributed by atoms with van der Waals surface area (Å²) in [6, 6.07) is 21.0. The maximum atomic E-state index is 13.3. The van der Waals surface area contributed by atoms with Crippen molar-refractivity contribution in [2.75, 3.05) is 14.2 Å². The van der Waals surface area contributed by atoms with E-state index < -0.39 is 0 Å². The highest BCUT2D eigenvalue weighted by molar-refractivity contribution is 7.13. The van der Waals surface area contributed by atoms with Crippen molar-refractivity contribution >= 4 is 28.3 Å². The molecule has 0 bridgehead atoms. The Balaban J connectivity index is 1.44. The zero-order valence-corrected chi connectivity index (χ0v) is 19.4. The van der Waals surface area contributed by atoms with Crippen molar-refractivity contribution in [2.45, 2.75) is 6.04 Å². The van der Waals surface area contributed by atoms with Gasteiger partial charge in [-0.1, -0.05) is 36.4 Å². The largest absolute Gasteiger partial charge is 0.493 e. The lowest BCUT2D eigenvalue weighted by Gasteiger charge is -2.19. The zero-order chi connectivity index (χ0) is 23.5. The molecule has 1 atom stereocenters. The van der Waals surface area contributed by atoms with E-state index in [1.807, 2.05) is 66.7 Å². The van der Waals surface area contributed by atoms with Crippen LogP contribution in [0.4, 0.5) is 0 Å². The van der Waals surface area contributed by atoms with Crippen LogP contribution in [0.25, 0.3) is 21.6 Å². The van der Waals surface area contributed by atoms with Gasteiger partial charge >= 0.3 is 0 Å². The van der Waals surface area contributed by atoms with Crippen LogP contribution in [0.1, 0.15) is 27.7 Å². The van der Waals surface area contributed by atoms with Crippen LogP contribution >= 0.6 is 11.3 Å². The van der Waals surface area contributed by atoms with Crippen LogP contribution in [0.5, 0.6) is 11.5 Å². The van der Waals surface area contributed by atoms with Gasteiger partial charge in [0.15, 0.2) is 11.5 Å². The van der Waals surface area contributed by atoms with E-state index in [9.17, 15) is 4.79 Å². The quantitative estimate of drug-likeness (QED) is 0.340. The predicted octanol–water partition coefficient (Wildman–Crippen LogP) is 5.22. The zero-order valence-electron chi connectivity index (χ0n) is 18.6. The molecule has 0 spiro atoms. The first kappa shape index (κ1) is 21.7. The first-order valence-corrected chi connectivity index (χ1v) is 11.5. The van der Waals surface area contributed by atoms with Gasteiger partial charge in [0.25, 0.3) is 5.91 Å². The Hall–Kier alpha value is -4.17. The number of methoxy groups -OCH3 is 2. The van der Waals surface area contributed by atoms with Gasteiger partial charge in [0.05, 0.1) is 37.6 Å². The highest BCUT2D eigenvalue weighted by Crippen LogP contribution is 2.34. The van der Waals surface area contributed by atoms with Gasteiger partial charge in [-0.05, 0) is 41.5 Å². The molecule has 1 unspecified atom stereocenters. The number of ether oxygens (including phenoxy) is 2. The van der Waals surface area contributed by atoms with Crippen LogP contribution in [0.3, 0.4) is 0 Å². The molecule has 0 fully saturated rings. The summed E-state index contributed by atoms with van der Waals surface area (Å²) in [5.41, 5.74) is 4.93. The number of nitrogens with one attached hydrogen (secondary N) is 2. The van der Waals surface area contributed by atoms with Gasteiger partial charge in [-0.15, -0.1) is 11.3 Å². The normalized spacial score (nSPS) is 11.8. The molecular formula is C26H22N4O3S. The van der Waals surface area contributed by atoms with E-state index in [0.29, 0.717) is 17.2 Å². The first-order chi connectivity index (χ1) is 16.7. The van der Waals surface area contributed by atoms with Gasteiger partial charge in [-0.2, -0.15) is 0 Å². The molecule has 2 N–H and O–H groups in total. The highest BCUT2D eigenvalue weighted by Gasteiger charge is 2.21. The summed E-state index contributed by atoms with van der Waals surface area (Å²) in [5, 5.41) is 5.64. The average molecular weight is 471 g/mol. The summed E-state index contributed by atoms with van der Waals surface area (Å²) in [6.07, 6.45) is 1.66. The second-order valence-electron chi connectivity index (χ2n) is 7.60. The number of benzene rings is 3. The molecule has 34 heavy (non-hydrogen) atoms. The minimum Gasteiger partial charge on any atom is -0.493 e. The summed E-state index contributed by atoms with van der Waals surface area (Å²) in [6.45, 7) is 0. The Morgan fingerprint density at radius 3 is 2.59 bits per heavy atom. The van der Waals surface area contributed by atoms with Gasteiger partial charge in [0.2, 0.25) is 0 Å². The van der Waals surface area contributed by atoms with Gasteiger partial charge < -0.3 is 19.8 Å². The maximum absolute atomic E-state index is 13.3. The van der Waals surface area contributed by atoms with Gasteiger partial charge in [0.1, 0.15) is 10.7 Å². The monoisotopic (exact) mass is 470 g/mol. The van der Waals surface area contributed by atoms with E-state index >= 15 is 0 Å². The van der Waals surface area contributed by atoms with Crippen molar-refractivity contribution < 1.29 is 14.3 Å². The number of nitrogens with zero attached hydrogens (tertiary/aromatic N) is 2. The van der Waals surface area contributed by atoms with Crippen molar-refractivity contribution in [2.24, 2.45) is 0 Å². The van der Waals surface area contributed by atoms with Crippen molar-refractivity contribution in [1.82, 2.24) is 20.3 Å². The van der Waals surface area contributed by atoms with E-state index in [2.05, 4.69) is 20.3 Å². The number of aromatic nitrogens is 3. The molecule has 1 amide bonds. The second-order valence-corrected chi connectivity index (χ2v) is 8.46. The number of hydrogen-bond acceptors (Lipinski definition) is 6. The number of aromatic amines is 1. The van der Waals surface area contributed by atoms with E-state index in [0.717, 1.165) is 32.7 Å². The van der Waals surface area contributed by atoms with Gasteiger partial charge in [0, 0.05) is 10.9 Å². The van der Waals surface area contributed by atoms with Crippen LogP contribution in [-0.2, 0) is 0 Å². The van der Waals surface area contributed by atoms with E-state index in [-0.39, 0.29) is 11.9 Å². The molecule has 3 aromatic carbocycles. The third kappa shape index (κ3) is 4.23. The first-order valence-electron chi connectivity index (χ1n) is 10.6. The number of rotatable bonds is 7. The molecule has 0 saturated heterocycles. The Bertz CT molecular complexity index is 1450. The van der Waals surface area contributed by atoms with Crippen LogP contribution in [0.15, 0.2) is 78.4 Å². The fourth-order valence-corrected chi connectivity index (χ4v) is 4.62. The second kappa shape index (κ2) is 9.36. The number of carbonyl (C=O) groups is 1. The lowest BCUT2D eigenvalue weighted by atomic mass is 9.98. The number of fused-ring (bicyclic) bond motifs is 1. The summed E-state index contributed by atoms with van der Waals surface area (Å²) < 4.78 is 10.7. The number of H-pyrrole nitrogens is 1. The molecule has 0 saturated carbocycles. The summed E-state index contributed by atoms with van der Waals surface area (Å²) in [5.74, 6) is 1.00. The van der Waals surface area contributed by atoms with Crippen molar-refractivity contribution in [1.29, 1.82) is 0 Å². The molecule has 2 heterocycles. The standard InChI is InChI=1S/C26H22N4O3S/c1-32-22-11-9-18(13-23(22)33-2)26-29-21(14-34-26)25(31)30-24(16-6-4-3-5-7-16)17-8-10-19-20(12-17)28-15-27-19/h3-15,24H,1-2H3,(H,27,28)(H,30,31). The van der Waals surface area contributed by atoms with Crippen molar-refractivity contribution in [3.05, 3.63) is 95.3 Å². The fourth-order valence-electron chi connectivity index (χ4n) is 3.82. The van der Waals surface area contributed by atoms with Crippen molar-refractivity contribution in [3.63, 3.8) is 0 Å². The molecular weight excluding hydrogens is 448 g/mol. The molecule has 2 aromatic heterocycles. The maximum Gasteiger partial charge on any atom is 0.271 e. The third-order valence-corrected chi connectivity index (χ3v) is 6.44. The smallest absolute Gasteiger partial charge is 0.271 e. The lowest BCUT2D eigenvalue weighted by molar-refractivity contribution is 0.0938. The molecule has 0 aliphatic rings. The van der Waals surface area contributed by atoms with Gasteiger partial charge in [-0.3, -0.25) is 4.79 Å². The Labute approximate surface area is 200 Å². The number of imidazole rings is 1. The van der Waals surface area contributed by atoms with Crippen LogP contribution in [0.2, 0.25) is 0 Å².